The molecule has 0 saturated carbocycles. The molecule has 0 atom stereocenters. The first-order valence-electron chi connectivity index (χ1n) is 17.1. The zero-order valence-electron chi connectivity index (χ0n) is 26.1. The molecule has 0 aliphatic carbocycles. The minimum Gasteiger partial charge on any atom is -0.0654 e. The van der Waals surface area contributed by atoms with Crippen LogP contribution in [0, 0.1) is 0 Å². The minimum absolute atomic E-state index is 0.0833. The quantitative estimate of drug-likeness (QED) is 0.0456. The van der Waals surface area contributed by atoms with E-state index in [-0.39, 0.29) is 6.61 Å². The molecule has 0 radical (unpaired) electrons. The second-order valence-electron chi connectivity index (χ2n) is 11.3. The topological polar surface area (TPSA) is 20.2 Å². The molecular formula is C35H72OTe. The summed E-state index contributed by atoms with van der Waals surface area (Å²) in [5.74, 6) is 0. The van der Waals surface area contributed by atoms with E-state index >= 15 is 0 Å². The third-order valence-corrected chi connectivity index (χ3v) is 10.7. The van der Waals surface area contributed by atoms with E-state index in [9.17, 15) is 0 Å². The van der Waals surface area contributed by atoms with Crippen LogP contribution in [0.2, 0.25) is 8.94 Å². The van der Waals surface area contributed by atoms with Crippen LogP contribution in [0.4, 0.5) is 0 Å². The molecule has 0 fully saturated rings. The fourth-order valence-corrected chi connectivity index (χ4v) is 7.81. The molecule has 1 nitrogen and oxygen atoms in total. The van der Waals surface area contributed by atoms with Crippen LogP contribution in [0.25, 0.3) is 0 Å². The Labute approximate surface area is 246 Å². The van der Waals surface area contributed by atoms with Crippen molar-refractivity contribution in [1.82, 2.24) is 0 Å². The molecule has 0 heterocycles. The number of unbranched alkanes of at least 4 members (excludes halogenated alkanes) is 26. The van der Waals surface area contributed by atoms with Crippen molar-refractivity contribution in [3.8, 4) is 0 Å². The van der Waals surface area contributed by atoms with Gasteiger partial charge < -0.3 is 5.11 Å². The maximum atomic E-state index is 7.76. The standard InChI is InChI=1S/C32H66Te.C3H6O/c1-3-5-7-9-11-13-15-17-19-21-23-25-27-29-31-33-32-30-28-26-24-22-20-18-16-14-12-10-8-6-4-2;1-2-3-4/h3-32H2,1-2H3;2,4H,1,3H2. The molecule has 0 rings (SSSR count). The van der Waals surface area contributed by atoms with E-state index < -0.39 is 0 Å². The summed E-state index contributed by atoms with van der Waals surface area (Å²) in [7, 11) is 0. The number of hydrogen-bond acceptors (Lipinski definition) is 1. The van der Waals surface area contributed by atoms with Crippen LogP contribution < -0.4 is 0 Å². The van der Waals surface area contributed by atoms with Crippen molar-refractivity contribution in [2.24, 2.45) is 0 Å². The number of aliphatic hydroxyl groups is 1. The van der Waals surface area contributed by atoms with Crippen molar-refractivity contribution in [3.63, 3.8) is 0 Å². The minimum atomic E-state index is 0.0833. The molecule has 1 N–H and O–H groups in total. The first kappa shape index (κ1) is 39.6. The summed E-state index contributed by atoms with van der Waals surface area (Å²) in [4.78, 5) is 0. The van der Waals surface area contributed by atoms with Crippen molar-refractivity contribution in [1.29, 1.82) is 0 Å². The summed E-state index contributed by atoms with van der Waals surface area (Å²) in [5.41, 5.74) is 0. The van der Waals surface area contributed by atoms with E-state index in [0.717, 1.165) is 0 Å². The SMILES string of the molecule is C=CCO.CCCCCCCCCCCCCCCC[Te]CCCCCCCCCCCCCCCC. The number of hydrogen-bond donors (Lipinski definition) is 1. The Morgan fingerprint density at radius 1 is 0.405 bits per heavy atom. The zero-order chi connectivity index (χ0) is 27.3. The Kier molecular flexibility index (Phi) is 43.9. The Morgan fingerprint density at radius 3 is 0.784 bits per heavy atom. The summed E-state index contributed by atoms with van der Waals surface area (Å²) in [5, 5.41) is 7.76. The van der Waals surface area contributed by atoms with Gasteiger partial charge in [0.05, 0.1) is 6.61 Å². The molecule has 224 valence electrons. The van der Waals surface area contributed by atoms with Crippen LogP contribution in [0.1, 0.15) is 194 Å². The van der Waals surface area contributed by atoms with Gasteiger partial charge >= 0.3 is 171 Å². The Bertz CT molecular complexity index is 340. The van der Waals surface area contributed by atoms with Crippen LogP contribution in [0.5, 0.6) is 0 Å². The Morgan fingerprint density at radius 2 is 0.595 bits per heavy atom. The van der Waals surface area contributed by atoms with Gasteiger partial charge in [0.15, 0.2) is 0 Å². The molecular weight excluding hydrogens is 564 g/mol. The van der Waals surface area contributed by atoms with Gasteiger partial charge in [-0.15, -0.1) is 6.58 Å². The molecule has 0 saturated heterocycles. The summed E-state index contributed by atoms with van der Waals surface area (Å²) in [6, 6.07) is 0. The van der Waals surface area contributed by atoms with E-state index in [1.165, 1.54) is 173 Å². The molecule has 0 aromatic heterocycles. The average molecular weight is 637 g/mol. The maximum absolute atomic E-state index is 7.76. The van der Waals surface area contributed by atoms with E-state index in [0.29, 0.717) is 20.9 Å². The molecule has 2 heteroatoms. The molecule has 0 aliphatic rings. The van der Waals surface area contributed by atoms with Gasteiger partial charge in [-0.2, -0.15) is 0 Å². The smallest absolute Gasteiger partial charge is 0.0654 e. The fourth-order valence-electron chi connectivity index (χ4n) is 4.90. The van der Waals surface area contributed by atoms with Gasteiger partial charge in [0, 0.05) is 0 Å². The molecule has 0 bridgehead atoms. The van der Waals surface area contributed by atoms with E-state index in [2.05, 4.69) is 20.4 Å². The van der Waals surface area contributed by atoms with Crippen molar-refractivity contribution < 1.29 is 5.11 Å². The normalized spacial score (nSPS) is 10.9. The molecule has 0 unspecified atom stereocenters. The first-order chi connectivity index (χ1) is 18.3. The van der Waals surface area contributed by atoms with Gasteiger partial charge in [-0.3, -0.25) is 0 Å². The van der Waals surface area contributed by atoms with Crippen molar-refractivity contribution in [2.75, 3.05) is 6.61 Å². The summed E-state index contributed by atoms with van der Waals surface area (Å²) in [6.07, 6.45) is 43.2. The second kappa shape index (κ2) is 41.0. The van der Waals surface area contributed by atoms with E-state index in [4.69, 9.17) is 5.11 Å². The van der Waals surface area contributed by atoms with Gasteiger partial charge in [0.25, 0.3) is 0 Å². The number of aliphatic hydroxyl groups excluding tert-OH is 1. The first-order valence-corrected chi connectivity index (χ1v) is 20.4. The van der Waals surface area contributed by atoms with Crippen LogP contribution >= 0.6 is 0 Å². The summed E-state index contributed by atoms with van der Waals surface area (Å²) >= 11 is 0.365. The van der Waals surface area contributed by atoms with Crippen LogP contribution in [-0.2, 0) is 0 Å². The van der Waals surface area contributed by atoms with Gasteiger partial charge in [0.1, 0.15) is 0 Å². The van der Waals surface area contributed by atoms with Gasteiger partial charge in [0.2, 0.25) is 0 Å². The van der Waals surface area contributed by atoms with Crippen LogP contribution in [0.3, 0.4) is 0 Å². The predicted octanol–water partition coefficient (Wildman–Crippen LogP) is 12.7. The van der Waals surface area contributed by atoms with Gasteiger partial charge in [-0.05, 0) is 0 Å². The molecule has 0 amide bonds. The summed E-state index contributed by atoms with van der Waals surface area (Å²) in [6.45, 7) is 7.93. The second-order valence-corrected chi connectivity index (χ2v) is 14.8. The van der Waals surface area contributed by atoms with E-state index in [1.807, 2.05) is 0 Å². The Hall–Kier alpha value is 0.490. The van der Waals surface area contributed by atoms with Crippen LogP contribution in [-0.4, -0.2) is 32.6 Å². The molecule has 0 aromatic rings. The summed E-state index contributed by atoms with van der Waals surface area (Å²) < 4.78 is 3.25. The molecule has 37 heavy (non-hydrogen) atoms. The molecule has 0 aromatic carbocycles. The monoisotopic (exact) mass is 638 g/mol. The average Bonchev–Trinajstić information content (AvgIpc) is 2.92. The Balaban J connectivity index is 0. The number of rotatable bonds is 31. The van der Waals surface area contributed by atoms with Crippen molar-refractivity contribution in [3.05, 3.63) is 12.7 Å². The van der Waals surface area contributed by atoms with Crippen LogP contribution in [0.15, 0.2) is 12.7 Å². The molecule has 0 spiro atoms. The predicted molar refractivity (Wildman–Crippen MR) is 173 cm³/mol. The molecule has 0 aliphatic heterocycles. The zero-order valence-corrected chi connectivity index (χ0v) is 28.4. The fraction of sp³-hybridized carbons (Fsp3) is 0.943. The van der Waals surface area contributed by atoms with Crippen molar-refractivity contribution >= 4 is 20.9 Å². The third kappa shape index (κ3) is 43.8. The van der Waals surface area contributed by atoms with E-state index in [1.54, 1.807) is 21.8 Å². The van der Waals surface area contributed by atoms with Crippen molar-refractivity contribution in [2.45, 2.75) is 203 Å². The van der Waals surface area contributed by atoms with Gasteiger partial charge in [-0.25, -0.2) is 0 Å². The third-order valence-electron chi connectivity index (χ3n) is 7.41. The van der Waals surface area contributed by atoms with Gasteiger partial charge in [-0.1, -0.05) is 58.4 Å².